The molecule has 0 saturated carbocycles. The number of hydrogen-bond donors (Lipinski definition) is 4. The van der Waals surface area contributed by atoms with Gasteiger partial charge in [0.2, 0.25) is 0 Å². The monoisotopic (exact) mass is 163 g/mol. The van der Waals surface area contributed by atoms with Gasteiger partial charge in [-0.05, 0) is 0 Å². The van der Waals surface area contributed by atoms with Crippen molar-refractivity contribution in [1.29, 1.82) is 0 Å². The lowest BCUT2D eigenvalue weighted by Crippen LogP contribution is -2.51. The predicted molar refractivity (Wildman–Crippen MR) is 36.6 cm³/mol. The molecule has 0 radical (unpaired) electrons. The zero-order valence-corrected chi connectivity index (χ0v) is 6.05. The van der Waals surface area contributed by atoms with Crippen LogP contribution in [0.2, 0.25) is 0 Å². The number of hydrogen-bond acceptors (Lipinski definition) is 5. The summed E-state index contributed by atoms with van der Waals surface area (Å²) in [5.74, 6) is 0. The van der Waals surface area contributed by atoms with Crippen LogP contribution in [0.25, 0.3) is 0 Å². The molecule has 1 aliphatic heterocycles. The van der Waals surface area contributed by atoms with Crippen molar-refractivity contribution in [2.75, 3.05) is 6.54 Å². The highest BCUT2D eigenvalue weighted by Crippen LogP contribution is 2.17. The van der Waals surface area contributed by atoms with Gasteiger partial charge in [0, 0.05) is 13.0 Å². The Hall–Kier alpha value is -0.200. The maximum atomic E-state index is 9.19. The highest BCUT2D eigenvalue weighted by Gasteiger charge is 2.34. The molecule has 1 rings (SSSR count). The van der Waals surface area contributed by atoms with E-state index in [-0.39, 0.29) is 13.0 Å². The molecule has 66 valence electrons. The third kappa shape index (κ3) is 1.88. The molecule has 1 heterocycles. The first kappa shape index (κ1) is 8.89. The van der Waals surface area contributed by atoms with Crippen molar-refractivity contribution in [2.24, 2.45) is 5.73 Å². The maximum absolute atomic E-state index is 9.19. The van der Waals surface area contributed by atoms with E-state index < -0.39 is 24.6 Å². The minimum atomic E-state index is -1.01. The molecule has 5 N–H and O–H groups in total. The molecule has 0 bridgehead atoms. The van der Waals surface area contributed by atoms with Crippen LogP contribution in [0, 0.1) is 0 Å². The van der Waals surface area contributed by atoms with E-state index in [0.717, 1.165) is 0 Å². The minimum absolute atomic E-state index is 0.0394. The predicted octanol–water partition coefficient (Wildman–Crippen LogP) is -2.23. The van der Waals surface area contributed by atoms with E-state index in [2.05, 4.69) is 0 Å². The summed E-state index contributed by atoms with van der Waals surface area (Å²) < 4.78 is 4.84. The van der Waals surface area contributed by atoms with Crippen molar-refractivity contribution < 1.29 is 20.1 Å². The fourth-order valence-corrected chi connectivity index (χ4v) is 1.13. The molecule has 1 fully saturated rings. The quantitative estimate of drug-likeness (QED) is 0.351. The molecule has 4 atom stereocenters. The molecule has 0 aliphatic carbocycles. The largest absolute Gasteiger partial charge is 0.390 e. The number of ether oxygens (including phenoxy) is 1. The molecule has 11 heavy (non-hydrogen) atoms. The van der Waals surface area contributed by atoms with Gasteiger partial charge in [0.05, 0.1) is 6.10 Å². The summed E-state index contributed by atoms with van der Waals surface area (Å²) in [4.78, 5) is 0. The van der Waals surface area contributed by atoms with Gasteiger partial charge in [-0.1, -0.05) is 0 Å². The van der Waals surface area contributed by atoms with E-state index in [0.29, 0.717) is 0 Å². The van der Waals surface area contributed by atoms with E-state index in [1.807, 2.05) is 0 Å². The van der Waals surface area contributed by atoms with Gasteiger partial charge in [-0.2, -0.15) is 0 Å². The fraction of sp³-hybridized carbons (Fsp3) is 1.00. The number of aliphatic hydroxyl groups excluding tert-OH is 3. The van der Waals surface area contributed by atoms with Crippen LogP contribution in [0.3, 0.4) is 0 Å². The van der Waals surface area contributed by atoms with Crippen LogP contribution in [-0.4, -0.2) is 46.5 Å². The SMILES string of the molecule is NCC1O[C@H](O)CC(O)[C@@H]1O. The number of aliphatic hydroxyl groups is 3. The van der Waals surface area contributed by atoms with Crippen LogP contribution in [-0.2, 0) is 4.74 Å². The summed E-state index contributed by atoms with van der Waals surface area (Å²) in [5, 5.41) is 27.2. The van der Waals surface area contributed by atoms with E-state index in [1.165, 1.54) is 0 Å². The van der Waals surface area contributed by atoms with Gasteiger partial charge < -0.3 is 25.8 Å². The highest BCUT2D eigenvalue weighted by molar-refractivity contribution is 4.82. The van der Waals surface area contributed by atoms with Crippen LogP contribution in [0.1, 0.15) is 6.42 Å². The molecule has 0 spiro atoms. The minimum Gasteiger partial charge on any atom is -0.390 e. The van der Waals surface area contributed by atoms with E-state index >= 15 is 0 Å². The molecular weight excluding hydrogens is 150 g/mol. The van der Waals surface area contributed by atoms with Crippen molar-refractivity contribution in [1.82, 2.24) is 0 Å². The van der Waals surface area contributed by atoms with Crippen LogP contribution in [0.5, 0.6) is 0 Å². The average molecular weight is 163 g/mol. The Morgan fingerprint density at radius 2 is 2.00 bits per heavy atom. The molecule has 0 aromatic rings. The van der Waals surface area contributed by atoms with Crippen LogP contribution >= 0.6 is 0 Å². The Morgan fingerprint density at radius 3 is 2.55 bits per heavy atom. The van der Waals surface area contributed by atoms with Gasteiger partial charge in [0.1, 0.15) is 12.2 Å². The van der Waals surface area contributed by atoms with Gasteiger partial charge in [-0.15, -0.1) is 0 Å². The number of nitrogens with two attached hydrogens (primary N) is 1. The summed E-state index contributed by atoms with van der Waals surface area (Å²) in [5.41, 5.74) is 5.21. The second-order valence-electron chi connectivity index (χ2n) is 2.66. The van der Waals surface area contributed by atoms with Gasteiger partial charge >= 0.3 is 0 Å². The zero-order chi connectivity index (χ0) is 8.43. The zero-order valence-electron chi connectivity index (χ0n) is 6.05. The van der Waals surface area contributed by atoms with Crippen LogP contribution < -0.4 is 5.73 Å². The third-order valence-corrected chi connectivity index (χ3v) is 1.78. The summed E-state index contributed by atoms with van der Waals surface area (Å²) in [6, 6.07) is 0. The number of rotatable bonds is 1. The molecule has 1 aliphatic rings. The Morgan fingerprint density at radius 1 is 1.36 bits per heavy atom. The summed E-state index contributed by atoms with van der Waals surface area (Å²) >= 11 is 0. The topological polar surface area (TPSA) is 95.9 Å². The van der Waals surface area contributed by atoms with Gasteiger partial charge in [0.25, 0.3) is 0 Å². The van der Waals surface area contributed by atoms with E-state index in [4.69, 9.17) is 20.7 Å². The van der Waals surface area contributed by atoms with Crippen LogP contribution in [0.15, 0.2) is 0 Å². The van der Waals surface area contributed by atoms with E-state index in [9.17, 15) is 5.11 Å². The molecule has 0 aromatic heterocycles. The first-order chi connectivity index (χ1) is 5.15. The van der Waals surface area contributed by atoms with E-state index in [1.54, 1.807) is 0 Å². The lowest BCUT2D eigenvalue weighted by Gasteiger charge is -2.34. The summed E-state index contributed by atoms with van der Waals surface area (Å²) in [6.45, 7) is 0.0925. The first-order valence-corrected chi connectivity index (χ1v) is 3.55. The molecular formula is C6H13NO4. The maximum Gasteiger partial charge on any atom is 0.157 e. The first-order valence-electron chi connectivity index (χ1n) is 3.55. The molecule has 0 aromatic carbocycles. The summed E-state index contributed by atoms with van der Waals surface area (Å²) in [6.07, 6.45) is -3.55. The Bertz CT molecular complexity index is 132. The van der Waals surface area contributed by atoms with Gasteiger partial charge in [-0.25, -0.2) is 0 Å². The lowest BCUT2D eigenvalue weighted by molar-refractivity contribution is -0.228. The smallest absolute Gasteiger partial charge is 0.157 e. The van der Waals surface area contributed by atoms with Crippen molar-refractivity contribution in [3.63, 3.8) is 0 Å². The Balaban J connectivity index is 2.51. The molecule has 5 nitrogen and oxygen atoms in total. The van der Waals surface area contributed by atoms with Crippen molar-refractivity contribution in [3.8, 4) is 0 Å². The summed E-state index contributed by atoms with van der Waals surface area (Å²) in [7, 11) is 0. The van der Waals surface area contributed by atoms with Gasteiger partial charge in [0.15, 0.2) is 6.29 Å². The fourth-order valence-electron chi connectivity index (χ4n) is 1.13. The standard InChI is InChI=1S/C6H13NO4/c7-2-4-6(10)3(8)1-5(9)11-4/h3-6,8-10H,1-2,7H2/t3?,4?,5-,6-/m0/s1. The van der Waals surface area contributed by atoms with Crippen LogP contribution in [0.4, 0.5) is 0 Å². The van der Waals surface area contributed by atoms with Crippen molar-refractivity contribution in [3.05, 3.63) is 0 Å². The molecule has 0 amide bonds. The second kappa shape index (κ2) is 3.46. The Kier molecular flexibility index (Phi) is 2.80. The Labute approximate surface area is 64.4 Å². The lowest BCUT2D eigenvalue weighted by atomic mass is 10.0. The normalized spacial score (nSPS) is 45.8. The van der Waals surface area contributed by atoms with Crippen molar-refractivity contribution >= 4 is 0 Å². The van der Waals surface area contributed by atoms with Gasteiger partial charge in [-0.3, -0.25) is 0 Å². The third-order valence-electron chi connectivity index (χ3n) is 1.78. The molecule has 2 unspecified atom stereocenters. The second-order valence-corrected chi connectivity index (χ2v) is 2.66. The molecule has 1 saturated heterocycles. The van der Waals surface area contributed by atoms with Crippen molar-refractivity contribution in [2.45, 2.75) is 31.0 Å². The molecule has 5 heteroatoms. The average Bonchev–Trinajstić information content (AvgIpc) is 1.96. The highest BCUT2D eigenvalue weighted by atomic mass is 16.6.